The molecule has 2 aromatic carbocycles. The Kier molecular flexibility index (Phi) is 5.42. The van der Waals surface area contributed by atoms with Crippen LogP contribution in [0.25, 0.3) is 0 Å². The Hall–Kier alpha value is -2.64. The van der Waals surface area contributed by atoms with Gasteiger partial charge in [-0.15, -0.1) is 11.3 Å². The van der Waals surface area contributed by atoms with Crippen LogP contribution in [0.1, 0.15) is 38.3 Å². The first-order valence-corrected chi connectivity index (χ1v) is 12.2. The molecule has 0 saturated carbocycles. The molecule has 4 rings (SSSR count). The predicted molar refractivity (Wildman–Crippen MR) is 122 cm³/mol. The van der Waals surface area contributed by atoms with E-state index in [4.69, 9.17) is 0 Å². The van der Waals surface area contributed by atoms with Crippen LogP contribution in [0.5, 0.6) is 0 Å². The van der Waals surface area contributed by atoms with Crippen molar-refractivity contribution in [1.82, 2.24) is 0 Å². The van der Waals surface area contributed by atoms with Crippen LogP contribution in [-0.2, 0) is 16.4 Å². The van der Waals surface area contributed by atoms with Gasteiger partial charge < -0.3 is 4.90 Å². The maximum atomic E-state index is 13.0. The average Bonchev–Trinajstić information content (AvgIpc) is 3.24. The number of thiophene rings is 1. The molecule has 0 saturated heterocycles. The molecule has 30 heavy (non-hydrogen) atoms. The van der Waals surface area contributed by atoms with E-state index in [1.807, 2.05) is 56.5 Å². The molecule has 1 aliphatic heterocycles. The summed E-state index contributed by atoms with van der Waals surface area (Å²) in [7, 11) is -3.70. The van der Waals surface area contributed by atoms with Crippen molar-refractivity contribution in [3.05, 3.63) is 75.0 Å². The average molecular weight is 441 g/mol. The van der Waals surface area contributed by atoms with E-state index in [0.717, 1.165) is 40.8 Å². The molecular weight excluding hydrogens is 416 g/mol. The van der Waals surface area contributed by atoms with Gasteiger partial charge in [-0.05, 0) is 91.6 Å². The predicted octanol–water partition coefficient (Wildman–Crippen LogP) is 5.07. The molecule has 1 aromatic heterocycles. The van der Waals surface area contributed by atoms with Crippen LogP contribution in [0.15, 0.2) is 52.7 Å². The number of nitrogens with one attached hydrogen (secondary N) is 1. The minimum Gasteiger partial charge on any atom is -0.307 e. The zero-order chi connectivity index (χ0) is 21.5. The summed E-state index contributed by atoms with van der Waals surface area (Å²) in [5.74, 6) is -0.00923. The molecule has 156 valence electrons. The monoisotopic (exact) mass is 440 g/mol. The second-order valence-corrected chi connectivity index (χ2v) is 10.3. The molecule has 3 aromatic rings. The van der Waals surface area contributed by atoms with Crippen molar-refractivity contribution in [2.24, 2.45) is 0 Å². The van der Waals surface area contributed by atoms with Crippen LogP contribution in [0.2, 0.25) is 0 Å². The van der Waals surface area contributed by atoms with E-state index in [9.17, 15) is 13.2 Å². The van der Waals surface area contributed by atoms with Gasteiger partial charge >= 0.3 is 0 Å². The van der Waals surface area contributed by atoms with Crippen molar-refractivity contribution < 1.29 is 13.2 Å². The summed E-state index contributed by atoms with van der Waals surface area (Å²) in [6, 6.07) is 12.7. The van der Waals surface area contributed by atoms with Crippen LogP contribution in [0, 0.1) is 20.8 Å². The highest BCUT2D eigenvalue weighted by molar-refractivity contribution is 7.92. The van der Waals surface area contributed by atoms with Gasteiger partial charge in [0.1, 0.15) is 0 Å². The third-order valence-electron chi connectivity index (χ3n) is 5.51. The third-order valence-corrected chi connectivity index (χ3v) is 7.89. The Bertz CT molecular complexity index is 1220. The number of carbonyl (C=O) groups excluding carboxylic acids is 1. The summed E-state index contributed by atoms with van der Waals surface area (Å²) in [4.78, 5) is 15.6. The minimum atomic E-state index is -3.70. The highest BCUT2D eigenvalue weighted by atomic mass is 32.2. The van der Waals surface area contributed by atoms with Gasteiger partial charge in [-0.2, -0.15) is 0 Å². The van der Waals surface area contributed by atoms with Crippen LogP contribution in [0.3, 0.4) is 0 Å². The maximum Gasteiger partial charge on any atom is 0.268 e. The fourth-order valence-electron chi connectivity index (χ4n) is 3.84. The first kappa shape index (κ1) is 20.6. The number of fused-ring (bicyclic) bond motifs is 1. The van der Waals surface area contributed by atoms with E-state index in [-0.39, 0.29) is 10.8 Å². The lowest BCUT2D eigenvalue weighted by Crippen LogP contribution is -2.35. The molecule has 1 aliphatic rings. The van der Waals surface area contributed by atoms with Gasteiger partial charge in [0, 0.05) is 17.9 Å². The summed E-state index contributed by atoms with van der Waals surface area (Å²) in [5.41, 5.74) is 5.06. The standard InChI is InChI=1S/C23H24N2O3S2/c1-15-12-17(3)22(13-16(15)2)30(27,28)24-19-8-9-20-18(14-19)6-4-10-25(20)23(26)21-7-5-11-29-21/h5,7-9,11-14,24H,4,6,10H2,1-3H3. The number of nitrogens with zero attached hydrogens (tertiary/aromatic N) is 1. The number of rotatable bonds is 4. The number of aryl methyl sites for hydroxylation is 4. The highest BCUT2D eigenvalue weighted by Gasteiger charge is 2.25. The first-order valence-electron chi connectivity index (χ1n) is 9.85. The SMILES string of the molecule is Cc1cc(C)c(S(=O)(=O)Nc2ccc3c(c2)CCCN3C(=O)c2cccs2)cc1C. The number of hydrogen-bond acceptors (Lipinski definition) is 4. The highest BCUT2D eigenvalue weighted by Crippen LogP contribution is 2.32. The smallest absolute Gasteiger partial charge is 0.268 e. The van der Waals surface area contributed by atoms with Crippen LogP contribution >= 0.6 is 11.3 Å². The second kappa shape index (κ2) is 7.89. The number of sulfonamides is 1. The lowest BCUT2D eigenvalue weighted by Gasteiger charge is -2.29. The van der Waals surface area contributed by atoms with E-state index in [0.29, 0.717) is 17.1 Å². The van der Waals surface area contributed by atoms with Crippen LogP contribution < -0.4 is 9.62 Å². The summed E-state index contributed by atoms with van der Waals surface area (Å²) >= 11 is 1.43. The maximum absolute atomic E-state index is 13.0. The topological polar surface area (TPSA) is 66.5 Å². The molecule has 1 amide bonds. The van der Waals surface area contributed by atoms with Gasteiger partial charge in [0.2, 0.25) is 0 Å². The molecule has 0 atom stereocenters. The Labute approximate surface area is 181 Å². The molecule has 0 spiro atoms. The van der Waals surface area contributed by atoms with E-state index in [1.54, 1.807) is 17.0 Å². The van der Waals surface area contributed by atoms with Crippen molar-refractivity contribution >= 4 is 38.6 Å². The van der Waals surface area contributed by atoms with Crippen molar-refractivity contribution in [3.8, 4) is 0 Å². The van der Waals surface area contributed by atoms with E-state index in [1.165, 1.54) is 11.3 Å². The van der Waals surface area contributed by atoms with Crippen molar-refractivity contribution in [3.63, 3.8) is 0 Å². The summed E-state index contributed by atoms with van der Waals surface area (Å²) in [5, 5.41) is 1.89. The third kappa shape index (κ3) is 3.87. The van der Waals surface area contributed by atoms with Crippen LogP contribution in [0.4, 0.5) is 11.4 Å². The largest absolute Gasteiger partial charge is 0.307 e. The zero-order valence-electron chi connectivity index (χ0n) is 17.2. The van der Waals surface area contributed by atoms with Crippen molar-refractivity contribution in [2.75, 3.05) is 16.2 Å². The Morgan fingerprint density at radius 1 is 1.03 bits per heavy atom. The Morgan fingerprint density at radius 3 is 2.53 bits per heavy atom. The molecule has 0 unspecified atom stereocenters. The lowest BCUT2D eigenvalue weighted by atomic mass is 10.0. The molecule has 0 aliphatic carbocycles. The second-order valence-electron chi connectivity index (χ2n) is 7.69. The summed E-state index contributed by atoms with van der Waals surface area (Å²) in [6.45, 7) is 6.35. The number of anilines is 2. The van der Waals surface area contributed by atoms with E-state index < -0.39 is 10.0 Å². The van der Waals surface area contributed by atoms with Gasteiger partial charge in [-0.25, -0.2) is 8.42 Å². The molecular formula is C23H24N2O3S2. The first-order chi connectivity index (χ1) is 14.3. The van der Waals surface area contributed by atoms with Gasteiger partial charge in [-0.1, -0.05) is 12.1 Å². The Balaban J connectivity index is 1.63. The number of hydrogen-bond donors (Lipinski definition) is 1. The molecule has 0 bridgehead atoms. The van der Waals surface area contributed by atoms with Gasteiger partial charge in [0.25, 0.3) is 15.9 Å². The lowest BCUT2D eigenvalue weighted by molar-refractivity contribution is 0.0989. The molecule has 5 nitrogen and oxygen atoms in total. The summed E-state index contributed by atoms with van der Waals surface area (Å²) in [6.07, 6.45) is 1.65. The zero-order valence-corrected chi connectivity index (χ0v) is 18.9. The normalized spacial score (nSPS) is 13.8. The van der Waals surface area contributed by atoms with Gasteiger partial charge in [-0.3, -0.25) is 9.52 Å². The fourth-order valence-corrected chi connectivity index (χ4v) is 5.87. The van der Waals surface area contributed by atoms with Crippen molar-refractivity contribution in [1.29, 1.82) is 0 Å². The van der Waals surface area contributed by atoms with Crippen LogP contribution in [-0.4, -0.2) is 20.9 Å². The number of amides is 1. The molecule has 0 radical (unpaired) electrons. The fraction of sp³-hybridized carbons (Fsp3) is 0.261. The van der Waals surface area contributed by atoms with Crippen molar-refractivity contribution in [2.45, 2.75) is 38.5 Å². The molecule has 7 heteroatoms. The van der Waals surface area contributed by atoms with E-state index in [2.05, 4.69) is 4.72 Å². The summed E-state index contributed by atoms with van der Waals surface area (Å²) < 4.78 is 28.7. The van der Waals surface area contributed by atoms with Gasteiger partial charge in [0.05, 0.1) is 9.77 Å². The molecule has 1 N–H and O–H groups in total. The number of carbonyl (C=O) groups is 1. The Morgan fingerprint density at radius 2 is 1.80 bits per heavy atom. The molecule has 2 heterocycles. The quantitative estimate of drug-likeness (QED) is 0.616. The van der Waals surface area contributed by atoms with Gasteiger partial charge in [0.15, 0.2) is 0 Å². The van der Waals surface area contributed by atoms with E-state index >= 15 is 0 Å². The number of benzene rings is 2. The molecule has 0 fully saturated rings. The minimum absolute atomic E-state index is 0.00923.